The number of aromatic nitrogens is 1. The van der Waals surface area contributed by atoms with Crippen LogP contribution in [0.25, 0.3) is 10.9 Å². The predicted octanol–water partition coefficient (Wildman–Crippen LogP) is 2.56. The number of benzene rings is 1. The molecule has 0 bridgehead atoms. The lowest BCUT2D eigenvalue weighted by atomic mass is 10.1. The molecule has 19 heavy (non-hydrogen) atoms. The van der Waals surface area contributed by atoms with Crippen LogP contribution in [-0.2, 0) is 0 Å². The van der Waals surface area contributed by atoms with E-state index in [0.717, 1.165) is 40.9 Å². The van der Waals surface area contributed by atoms with Crippen LogP contribution in [0, 0.1) is 12.8 Å². The maximum Gasteiger partial charge on any atom is 0.0727 e. The summed E-state index contributed by atoms with van der Waals surface area (Å²) in [7, 11) is 0. The molecule has 0 aliphatic rings. The molecule has 0 fully saturated rings. The Morgan fingerprint density at radius 3 is 2.89 bits per heavy atom. The first-order valence-corrected chi connectivity index (χ1v) is 6.61. The second-order valence-electron chi connectivity index (χ2n) is 5.09. The number of aliphatic hydroxyl groups is 1. The molecular formula is C15H21N3O. The van der Waals surface area contributed by atoms with Crippen molar-refractivity contribution in [2.45, 2.75) is 20.3 Å². The van der Waals surface area contributed by atoms with Crippen LogP contribution in [0.4, 0.5) is 11.4 Å². The summed E-state index contributed by atoms with van der Waals surface area (Å²) in [5.74, 6) is 0.426. The zero-order valence-electron chi connectivity index (χ0n) is 11.5. The number of nitrogens with zero attached hydrogens (tertiary/aromatic N) is 1. The van der Waals surface area contributed by atoms with Crippen LogP contribution in [0.2, 0.25) is 0 Å². The van der Waals surface area contributed by atoms with Crippen molar-refractivity contribution in [1.82, 2.24) is 4.98 Å². The van der Waals surface area contributed by atoms with Crippen LogP contribution in [0.1, 0.15) is 19.0 Å². The van der Waals surface area contributed by atoms with Gasteiger partial charge in [-0.3, -0.25) is 4.98 Å². The van der Waals surface area contributed by atoms with E-state index in [0.29, 0.717) is 5.92 Å². The average Bonchev–Trinajstić information content (AvgIpc) is 2.37. The lowest BCUT2D eigenvalue weighted by Crippen LogP contribution is -2.13. The third kappa shape index (κ3) is 3.35. The molecule has 0 amide bonds. The van der Waals surface area contributed by atoms with Crippen molar-refractivity contribution in [1.29, 1.82) is 0 Å². The van der Waals surface area contributed by atoms with Crippen molar-refractivity contribution in [3.63, 3.8) is 0 Å². The first-order valence-electron chi connectivity index (χ1n) is 6.61. The zero-order valence-corrected chi connectivity index (χ0v) is 11.5. The fourth-order valence-corrected chi connectivity index (χ4v) is 2.13. The Morgan fingerprint density at radius 1 is 1.37 bits per heavy atom. The van der Waals surface area contributed by atoms with E-state index in [2.05, 4.69) is 17.2 Å². The zero-order chi connectivity index (χ0) is 13.8. The number of aliphatic hydroxyl groups excluding tert-OH is 1. The quantitative estimate of drug-likeness (QED) is 0.722. The largest absolute Gasteiger partial charge is 0.399 e. The Kier molecular flexibility index (Phi) is 4.22. The van der Waals surface area contributed by atoms with Crippen molar-refractivity contribution in [2.24, 2.45) is 5.92 Å². The van der Waals surface area contributed by atoms with Gasteiger partial charge < -0.3 is 16.2 Å². The second-order valence-corrected chi connectivity index (χ2v) is 5.09. The van der Waals surface area contributed by atoms with E-state index in [1.807, 2.05) is 31.2 Å². The number of rotatable bonds is 5. The van der Waals surface area contributed by atoms with Crippen LogP contribution in [-0.4, -0.2) is 23.2 Å². The van der Waals surface area contributed by atoms with Crippen molar-refractivity contribution < 1.29 is 5.11 Å². The minimum Gasteiger partial charge on any atom is -0.399 e. The van der Waals surface area contributed by atoms with Gasteiger partial charge in [0.2, 0.25) is 0 Å². The molecule has 1 unspecified atom stereocenters. The lowest BCUT2D eigenvalue weighted by molar-refractivity contribution is 0.266. The van der Waals surface area contributed by atoms with Gasteiger partial charge in [0.1, 0.15) is 0 Å². The van der Waals surface area contributed by atoms with Gasteiger partial charge in [-0.25, -0.2) is 0 Å². The Morgan fingerprint density at radius 2 is 2.16 bits per heavy atom. The first kappa shape index (κ1) is 13.6. The maximum atomic E-state index is 8.93. The van der Waals surface area contributed by atoms with Crippen molar-refractivity contribution in [3.05, 3.63) is 30.0 Å². The molecule has 4 N–H and O–H groups in total. The van der Waals surface area contributed by atoms with Gasteiger partial charge in [-0.05, 0) is 43.5 Å². The van der Waals surface area contributed by atoms with Gasteiger partial charge in [0, 0.05) is 35.6 Å². The summed E-state index contributed by atoms with van der Waals surface area (Å²) in [6, 6.07) is 7.79. The van der Waals surface area contributed by atoms with E-state index in [-0.39, 0.29) is 6.61 Å². The molecule has 0 saturated heterocycles. The molecule has 2 rings (SSSR count). The molecule has 4 nitrogen and oxygen atoms in total. The molecular weight excluding hydrogens is 238 g/mol. The minimum atomic E-state index is 0.228. The smallest absolute Gasteiger partial charge is 0.0727 e. The van der Waals surface area contributed by atoms with Crippen LogP contribution in [0.15, 0.2) is 24.3 Å². The summed E-state index contributed by atoms with van der Waals surface area (Å²) in [5, 5.41) is 13.4. The third-order valence-corrected chi connectivity index (χ3v) is 3.22. The molecule has 1 aromatic carbocycles. The Bertz CT molecular complexity index is 569. The summed E-state index contributed by atoms with van der Waals surface area (Å²) in [6.45, 7) is 5.16. The Labute approximate surface area is 113 Å². The SMILES string of the molecule is Cc1cc(NCC(C)CCO)c2cc(N)ccc2n1. The third-order valence-electron chi connectivity index (χ3n) is 3.22. The van der Waals surface area contributed by atoms with Gasteiger partial charge in [-0.1, -0.05) is 6.92 Å². The fraction of sp³-hybridized carbons (Fsp3) is 0.400. The van der Waals surface area contributed by atoms with E-state index in [4.69, 9.17) is 10.8 Å². The molecule has 4 heteroatoms. The van der Waals surface area contributed by atoms with Crippen LogP contribution >= 0.6 is 0 Å². The lowest BCUT2D eigenvalue weighted by Gasteiger charge is -2.15. The molecule has 0 aliphatic carbocycles. The highest BCUT2D eigenvalue weighted by Gasteiger charge is 2.06. The highest BCUT2D eigenvalue weighted by Crippen LogP contribution is 2.25. The van der Waals surface area contributed by atoms with Crippen molar-refractivity contribution in [3.8, 4) is 0 Å². The number of nitrogens with one attached hydrogen (secondary N) is 1. The van der Waals surface area contributed by atoms with E-state index < -0.39 is 0 Å². The van der Waals surface area contributed by atoms with Gasteiger partial charge in [-0.2, -0.15) is 0 Å². The summed E-state index contributed by atoms with van der Waals surface area (Å²) in [6.07, 6.45) is 0.803. The van der Waals surface area contributed by atoms with Gasteiger partial charge in [-0.15, -0.1) is 0 Å². The van der Waals surface area contributed by atoms with Gasteiger partial charge >= 0.3 is 0 Å². The molecule has 1 aromatic heterocycles. The Balaban J connectivity index is 2.28. The van der Waals surface area contributed by atoms with Gasteiger partial charge in [0.05, 0.1) is 5.52 Å². The van der Waals surface area contributed by atoms with Crippen molar-refractivity contribution >= 4 is 22.3 Å². The number of hydrogen-bond acceptors (Lipinski definition) is 4. The maximum absolute atomic E-state index is 8.93. The molecule has 0 aliphatic heterocycles. The number of fused-ring (bicyclic) bond motifs is 1. The van der Waals surface area contributed by atoms with E-state index in [1.54, 1.807) is 0 Å². The number of hydrogen-bond donors (Lipinski definition) is 3. The highest BCUT2D eigenvalue weighted by molar-refractivity contribution is 5.93. The topological polar surface area (TPSA) is 71.2 Å². The van der Waals surface area contributed by atoms with Gasteiger partial charge in [0.25, 0.3) is 0 Å². The molecule has 1 heterocycles. The van der Waals surface area contributed by atoms with Crippen LogP contribution < -0.4 is 11.1 Å². The standard InChI is InChI=1S/C15H21N3O/c1-10(5-6-19)9-17-15-7-11(2)18-14-4-3-12(16)8-13(14)15/h3-4,7-8,10,19H,5-6,9,16H2,1-2H3,(H,17,18). The number of nitrogen functional groups attached to an aromatic ring is 1. The molecule has 0 saturated carbocycles. The molecule has 102 valence electrons. The number of anilines is 2. The number of aryl methyl sites for hydroxylation is 1. The van der Waals surface area contributed by atoms with E-state index in [9.17, 15) is 0 Å². The number of pyridine rings is 1. The van der Waals surface area contributed by atoms with Gasteiger partial charge in [0.15, 0.2) is 0 Å². The predicted molar refractivity (Wildman–Crippen MR) is 80.2 cm³/mol. The highest BCUT2D eigenvalue weighted by atomic mass is 16.3. The summed E-state index contributed by atoms with van der Waals surface area (Å²) in [4.78, 5) is 4.51. The van der Waals surface area contributed by atoms with Crippen LogP contribution in [0.3, 0.4) is 0 Å². The molecule has 0 spiro atoms. The summed E-state index contributed by atoms with van der Waals surface area (Å²) >= 11 is 0. The summed E-state index contributed by atoms with van der Waals surface area (Å²) in [5.41, 5.74) is 9.57. The second kappa shape index (κ2) is 5.89. The van der Waals surface area contributed by atoms with E-state index in [1.165, 1.54) is 0 Å². The average molecular weight is 259 g/mol. The molecule has 1 atom stereocenters. The Hall–Kier alpha value is -1.81. The van der Waals surface area contributed by atoms with Crippen molar-refractivity contribution in [2.75, 3.05) is 24.2 Å². The molecule has 0 radical (unpaired) electrons. The number of nitrogens with two attached hydrogens (primary N) is 1. The van der Waals surface area contributed by atoms with Crippen LogP contribution in [0.5, 0.6) is 0 Å². The minimum absolute atomic E-state index is 0.228. The summed E-state index contributed by atoms with van der Waals surface area (Å²) < 4.78 is 0. The fourth-order valence-electron chi connectivity index (χ4n) is 2.13. The van der Waals surface area contributed by atoms with E-state index >= 15 is 0 Å². The monoisotopic (exact) mass is 259 g/mol. The first-order chi connectivity index (χ1) is 9.10. The molecule has 2 aromatic rings. The normalized spacial score (nSPS) is 12.6.